The first-order valence-electron chi connectivity index (χ1n) is 25.4. The Kier molecular flexibility index (Phi) is 39.8. The number of hydrogen-bond acceptors (Lipinski definition) is 15. The zero-order valence-electron chi connectivity index (χ0n) is 45.9. The Bertz CT molecular complexity index is 2890. The van der Waals surface area contributed by atoms with Crippen LogP contribution in [0.2, 0.25) is 0 Å². The van der Waals surface area contributed by atoms with Crippen molar-refractivity contribution in [1.29, 1.82) is 0 Å². The number of aromatic nitrogens is 12. The molecule has 86 heavy (non-hydrogen) atoms. The van der Waals surface area contributed by atoms with Crippen LogP contribution in [0, 0.1) is 0 Å². The van der Waals surface area contributed by atoms with Crippen LogP contribution in [0.25, 0.3) is 45.6 Å². The van der Waals surface area contributed by atoms with Gasteiger partial charge in [0.15, 0.2) is 13.2 Å². The molecule has 0 radical (unpaired) electrons. The molecule has 10 heterocycles. The molecule has 0 aliphatic carbocycles. The number of halogens is 4. The van der Waals surface area contributed by atoms with Crippen LogP contribution in [0.3, 0.4) is 0 Å². The van der Waals surface area contributed by atoms with Crippen LogP contribution in [0.1, 0.15) is 17.0 Å². The maximum atomic E-state index is 12.0. The molecule has 11 rings (SSSR count). The summed E-state index contributed by atoms with van der Waals surface area (Å²) in [6.07, 6.45) is 22.0. The number of nitrogens with one attached hydrogen (secondary N) is 4. The number of H-pyrrole nitrogens is 2. The van der Waals surface area contributed by atoms with Crippen molar-refractivity contribution in [3.8, 4) is 57.1 Å². The standard InChI is InChI=1S/C21H27N7O4.4C10H8N2.4ClH.2Os/c22-8-15-5-18(31-11-20(29)25-3-1-16-9-23-13-27-16)7-19(6-15)32-12-21(30)26-4-2-17-10-24-14-28-17;4*1-3-7-11-9(5-1)10-6-2-4-8-12-10;;;;;;/h5-7,9-10,13-14H,1-4,8,11-12,22H2,(H,23,27)(H,24,28)(H,25,29)(H,26,30);4*1-8H;4*1H;;/q;;;;;;;;;2*+2/p-4. The SMILES string of the molecule is NCc1cc(OCC(=O)NCCc2cnc[nH]2)cc(OCC(=O)NCCc2cnc[nH]2)c1.[Cl-].[Cl-].[Cl-].[Cl-].[Os+2].[Os+2].c1ccc(-c2ccccn2)nc1.c1ccc(-c2ccccn2)nc1.c1ccc(-c2ccccn2)nc1.c1ccc(-c2ccccn2)nc1. The normalized spacial score (nSPS) is 9.31. The largest absolute Gasteiger partial charge is 2.00 e. The molecule has 1 aromatic carbocycles. The number of amides is 2. The Hall–Kier alpha value is -8.23. The Morgan fingerprint density at radius 1 is 0.395 bits per heavy atom. The molecular formula is C61H59Cl4N15O4Os2. The number of aromatic amines is 2. The average Bonchev–Trinajstić information content (AvgIpc) is 4.41. The third kappa shape index (κ3) is 28.6. The molecule has 0 spiro atoms. The van der Waals surface area contributed by atoms with Gasteiger partial charge in [-0.3, -0.25) is 49.5 Å². The number of rotatable bonds is 17. The molecular weight excluding hydrogens is 1530 g/mol. The number of nitrogens with two attached hydrogens (primary N) is 1. The second kappa shape index (κ2) is 45.2. The predicted molar refractivity (Wildman–Crippen MR) is 306 cm³/mol. The third-order valence-corrected chi connectivity index (χ3v) is 10.8. The Morgan fingerprint density at radius 2 is 0.651 bits per heavy atom. The first-order chi connectivity index (χ1) is 39.5. The van der Waals surface area contributed by atoms with Crippen molar-refractivity contribution in [3.63, 3.8) is 0 Å². The van der Waals surface area contributed by atoms with E-state index in [2.05, 4.69) is 70.4 Å². The number of carbonyl (C=O) groups excluding carboxylic acids is 2. The average molecular weight is 1590 g/mol. The molecule has 25 heteroatoms. The van der Waals surface area contributed by atoms with Gasteiger partial charge in [0.1, 0.15) is 11.5 Å². The maximum Gasteiger partial charge on any atom is 2.00 e. The molecule has 0 saturated carbocycles. The van der Waals surface area contributed by atoms with E-state index in [0.29, 0.717) is 37.4 Å². The summed E-state index contributed by atoms with van der Waals surface area (Å²) in [6, 6.07) is 51.5. The van der Waals surface area contributed by atoms with Gasteiger partial charge in [0.2, 0.25) is 0 Å². The number of nitrogens with zero attached hydrogens (tertiary/aromatic N) is 10. The second-order valence-corrected chi connectivity index (χ2v) is 16.7. The van der Waals surface area contributed by atoms with Gasteiger partial charge in [-0.1, -0.05) is 48.5 Å². The molecule has 10 aromatic heterocycles. The van der Waals surface area contributed by atoms with Gasteiger partial charge in [-0.2, -0.15) is 0 Å². The smallest absolute Gasteiger partial charge is 1.00 e. The Morgan fingerprint density at radius 3 is 0.849 bits per heavy atom. The first kappa shape index (κ1) is 75.8. The fourth-order valence-electron chi connectivity index (χ4n) is 6.95. The molecule has 0 unspecified atom stereocenters. The van der Waals surface area contributed by atoms with E-state index in [1.54, 1.807) is 92.8 Å². The minimum absolute atomic E-state index is 0. The fraction of sp³-hybridized carbons (Fsp3) is 0.115. The molecule has 0 atom stereocenters. The molecule has 0 bridgehead atoms. The van der Waals surface area contributed by atoms with Crippen molar-refractivity contribution in [3.05, 3.63) is 255 Å². The quantitative estimate of drug-likeness (QED) is 0.0597. The molecule has 0 aliphatic heterocycles. The topological polar surface area (TPSA) is 263 Å². The molecule has 0 saturated heterocycles. The van der Waals surface area contributed by atoms with Gasteiger partial charge in [0, 0.05) is 112 Å². The van der Waals surface area contributed by atoms with Crippen molar-refractivity contribution in [2.45, 2.75) is 19.4 Å². The van der Waals surface area contributed by atoms with Crippen LogP contribution >= 0.6 is 0 Å². The summed E-state index contributed by atoms with van der Waals surface area (Å²) in [5.74, 6) is 0.376. The molecule has 11 aromatic rings. The van der Waals surface area contributed by atoms with Crippen LogP contribution in [0.4, 0.5) is 0 Å². The van der Waals surface area contributed by atoms with Crippen molar-refractivity contribution >= 4 is 11.8 Å². The van der Waals surface area contributed by atoms with Crippen LogP contribution in [-0.4, -0.2) is 97.9 Å². The van der Waals surface area contributed by atoms with Crippen molar-refractivity contribution < 1.29 is 108 Å². The zero-order valence-corrected chi connectivity index (χ0v) is 54.0. The van der Waals surface area contributed by atoms with Crippen LogP contribution in [-0.2, 0) is 68.6 Å². The molecule has 2 amide bonds. The van der Waals surface area contributed by atoms with E-state index in [4.69, 9.17) is 15.2 Å². The van der Waals surface area contributed by atoms with Gasteiger partial charge in [-0.15, -0.1) is 0 Å². The van der Waals surface area contributed by atoms with Crippen molar-refractivity contribution in [2.75, 3.05) is 26.3 Å². The number of imidazole rings is 2. The molecule has 446 valence electrons. The van der Waals surface area contributed by atoms with E-state index < -0.39 is 0 Å². The molecule has 0 aliphatic rings. The number of pyridine rings is 8. The summed E-state index contributed by atoms with van der Waals surface area (Å²) in [5, 5.41) is 5.55. The van der Waals surface area contributed by atoms with E-state index in [0.717, 1.165) is 62.5 Å². The van der Waals surface area contributed by atoms with Crippen molar-refractivity contribution in [2.24, 2.45) is 5.73 Å². The van der Waals surface area contributed by atoms with Gasteiger partial charge in [0.25, 0.3) is 11.8 Å². The van der Waals surface area contributed by atoms with Gasteiger partial charge in [-0.05, 0) is 115 Å². The fourth-order valence-corrected chi connectivity index (χ4v) is 6.95. The van der Waals surface area contributed by atoms with Crippen LogP contribution in [0.5, 0.6) is 11.5 Å². The maximum absolute atomic E-state index is 12.0. The van der Waals surface area contributed by atoms with Crippen LogP contribution in [0.15, 0.2) is 238 Å². The van der Waals surface area contributed by atoms with Gasteiger partial charge in [0.05, 0.1) is 58.2 Å². The van der Waals surface area contributed by atoms with Gasteiger partial charge < -0.3 is 85.4 Å². The molecule has 19 nitrogen and oxygen atoms in total. The van der Waals surface area contributed by atoms with Gasteiger partial charge in [-0.25, -0.2) is 9.97 Å². The molecule has 6 N–H and O–H groups in total. The van der Waals surface area contributed by atoms with Gasteiger partial charge >= 0.3 is 39.6 Å². The van der Waals surface area contributed by atoms with Crippen molar-refractivity contribution in [1.82, 2.24) is 70.4 Å². The summed E-state index contributed by atoms with van der Waals surface area (Å²) in [4.78, 5) is 71.3. The first-order valence-corrected chi connectivity index (χ1v) is 25.4. The summed E-state index contributed by atoms with van der Waals surface area (Å²) in [6.45, 7) is 0.906. The van der Waals surface area contributed by atoms with Crippen LogP contribution < -0.4 is 75.5 Å². The Balaban J connectivity index is 0.000000573. The number of benzene rings is 1. The van der Waals surface area contributed by atoms with E-state index in [1.807, 2.05) is 146 Å². The van der Waals surface area contributed by atoms with E-state index >= 15 is 0 Å². The second-order valence-electron chi connectivity index (χ2n) is 16.7. The molecule has 0 fully saturated rings. The summed E-state index contributed by atoms with van der Waals surface area (Å²) < 4.78 is 11.1. The minimum Gasteiger partial charge on any atom is -1.00 e. The predicted octanol–water partition coefficient (Wildman–Crippen LogP) is -3.35. The summed E-state index contributed by atoms with van der Waals surface area (Å²) in [7, 11) is 0. The van der Waals surface area contributed by atoms with E-state index in [1.165, 1.54) is 0 Å². The number of ether oxygens (including phenoxy) is 2. The monoisotopic (exact) mass is 1590 g/mol. The minimum atomic E-state index is -0.248. The van der Waals surface area contributed by atoms with E-state index in [9.17, 15) is 9.59 Å². The third-order valence-electron chi connectivity index (χ3n) is 10.8. The number of carbonyl (C=O) groups is 2. The van der Waals surface area contributed by atoms with E-state index in [-0.39, 0.29) is 121 Å². The Labute approximate surface area is 550 Å². The number of hydrogen-bond donors (Lipinski definition) is 5. The summed E-state index contributed by atoms with van der Waals surface area (Å²) >= 11 is 0. The summed E-state index contributed by atoms with van der Waals surface area (Å²) in [5.41, 5.74) is 15.7. The zero-order chi connectivity index (χ0) is 55.5.